The number of benzene rings is 2. The Balaban J connectivity index is 1.62. The number of ether oxygens (including phenoxy) is 2. The van der Waals surface area contributed by atoms with Crippen molar-refractivity contribution >= 4 is 33.6 Å². The summed E-state index contributed by atoms with van der Waals surface area (Å²) < 4.78 is 11.5. The van der Waals surface area contributed by atoms with E-state index in [0.717, 1.165) is 20.8 Å². The molecule has 0 fully saturated rings. The van der Waals surface area contributed by atoms with Gasteiger partial charge in [0.1, 0.15) is 17.4 Å². The summed E-state index contributed by atoms with van der Waals surface area (Å²) >= 11 is 1.53. The average Bonchev–Trinajstić information content (AvgIpc) is 3.01. The van der Waals surface area contributed by atoms with Crippen molar-refractivity contribution in [3.05, 3.63) is 65.2 Å². The number of methoxy groups -OCH3 is 1. The van der Waals surface area contributed by atoms with Crippen molar-refractivity contribution in [1.82, 2.24) is 4.98 Å². The molecule has 0 saturated carbocycles. The third kappa shape index (κ3) is 3.76. The molecular formula is C18H15NO3S. The fraction of sp³-hybridized carbons (Fsp3) is 0.111. The molecule has 0 aliphatic rings. The van der Waals surface area contributed by atoms with E-state index in [1.54, 1.807) is 13.2 Å². The molecule has 4 nitrogen and oxygen atoms in total. The maximum atomic E-state index is 11.8. The Morgan fingerprint density at radius 1 is 1.17 bits per heavy atom. The number of fused-ring (bicyclic) bond motifs is 1. The highest BCUT2D eigenvalue weighted by Gasteiger charge is 2.06. The summed E-state index contributed by atoms with van der Waals surface area (Å²) in [6.45, 7) is 0.175. The van der Waals surface area contributed by atoms with Gasteiger partial charge in [-0.05, 0) is 24.3 Å². The SMILES string of the molecule is COc1ccccc1/C=C/C(=O)OCc1nc2ccccc2s1. The van der Waals surface area contributed by atoms with Crippen LogP contribution in [0.1, 0.15) is 10.6 Å². The van der Waals surface area contributed by atoms with Gasteiger partial charge in [-0.15, -0.1) is 11.3 Å². The highest BCUT2D eigenvalue weighted by molar-refractivity contribution is 7.18. The molecule has 0 N–H and O–H groups in total. The molecule has 1 aromatic heterocycles. The zero-order chi connectivity index (χ0) is 16.1. The van der Waals surface area contributed by atoms with Gasteiger partial charge in [-0.2, -0.15) is 0 Å². The van der Waals surface area contributed by atoms with Crippen LogP contribution < -0.4 is 4.74 Å². The van der Waals surface area contributed by atoms with Gasteiger partial charge in [0.2, 0.25) is 0 Å². The Morgan fingerprint density at radius 2 is 1.96 bits per heavy atom. The Hall–Kier alpha value is -2.66. The summed E-state index contributed by atoms with van der Waals surface area (Å²) in [4.78, 5) is 16.3. The molecule has 116 valence electrons. The van der Waals surface area contributed by atoms with Gasteiger partial charge in [0.25, 0.3) is 0 Å². The molecule has 0 radical (unpaired) electrons. The molecule has 5 heteroatoms. The number of thiazole rings is 1. The second-order valence-electron chi connectivity index (χ2n) is 4.76. The van der Waals surface area contributed by atoms with Gasteiger partial charge >= 0.3 is 5.97 Å². The lowest BCUT2D eigenvalue weighted by molar-refractivity contribution is -0.138. The Bertz CT molecular complexity index is 821. The summed E-state index contributed by atoms with van der Waals surface area (Å²) in [7, 11) is 1.60. The fourth-order valence-corrected chi connectivity index (χ4v) is 3.01. The highest BCUT2D eigenvalue weighted by atomic mass is 32.1. The van der Waals surface area contributed by atoms with Crippen molar-refractivity contribution in [3.8, 4) is 5.75 Å². The highest BCUT2D eigenvalue weighted by Crippen LogP contribution is 2.22. The van der Waals surface area contributed by atoms with Gasteiger partial charge in [0.15, 0.2) is 0 Å². The lowest BCUT2D eigenvalue weighted by atomic mass is 10.2. The smallest absolute Gasteiger partial charge is 0.331 e. The first-order chi connectivity index (χ1) is 11.3. The monoisotopic (exact) mass is 325 g/mol. The predicted octanol–water partition coefficient (Wildman–Crippen LogP) is 4.06. The first-order valence-corrected chi connectivity index (χ1v) is 7.90. The van der Waals surface area contributed by atoms with Gasteiger partial charge in [0.05, 0.1) is 17.3 Å². The van der Waals surface area contributed by atoms with Crippen molar-refractivity contribution in [2.24, 2.45) is 0 Å². The van der Waals surface area contributed by atoms with Gasteiger partial charge in [-0.25, -0.2) is 9.78 Å². The summed E-state index contributed by atoms with van der Waals surface area (Å²) in [5.41, 5.74) is 1.75. The lowest BCUT2D eigenvalue weighted by Crippen LogP contribution is -2.00. The van der Waals surface area contributed by atoms with Gasteiger partial charge in [0, 0.05) is 11.6 Å². The maximum Gasteiger partial charge on any atom is 0.331 e. The number of carbonyl (C=O) groups is 1. The van der Waals surface area contributed by atoms with E-state index < -0.39 is 5.97 Å². The summed E-state index contributed by atoms with van der Waals surface area (Å²) in [6.07, 6.45) is 3.07. The van der Waals surface area contributed by atoms with Crippen LogP contribution in [0.3, 0.4) is 0 Å². The molecule has 0 aliphatic carbocycles. The largest absolute Gasteiger partial charge is 0.496 e. The number of carbonyl (C=O) groups excluding carboxylic acids is 1. The van der Waals surface area contributed by atoms with E-state index in [1.807, 2.05) is 48.5 Å². The van der Waals surface area contributed by atoms with Crippen LogP contribution in [0.15, 0.2) is 54.6 Å². The number of hydrogen-bond donors (Lipinski definition) is 0. The molecule has 0 spiro atoms. The van der Waals surface area contributed by atoms with Crippen LogP contribution in [0, 0.1) is 0 Å². The maximum absolute atomic E-state index is 11.8. The van der Waals surface area contributed by atoms with Crippen molar-refractivity contribution in [2.75, 3.05) is 7.11 Å². The summed E-state index contributed by atoms with van der Waals surface area (Å²) in [6, 6.07) is 15.3. The number of rotatable bonds is 5. The lowest BCUT2D eigenvalue weighted by Gasteiger charge is -2.03. The minimum Gasteiger partial charge on any atom is -0.496 e. The first kappa shape index (κ1) is 15.2. The van der Waals surface area contributed by atoms with Crippen LogP contribution >= 0.6 is 11.3 Å². The molecule has 3 aromatic rings. The third-order valence-corrected chi connectivity index (χ3v) is 4.22. The number of aromatic nitrogens is 1. The molecule has 0 amide bonds. The van der Waals surface area contributed by atoms with Gasteiger partial charge < -0.3 is 9.47 Å². The molecule has 23 heavy (non-hydrogen) atoms. The standard InChI is InChI=1S/C18H15NO3S/c1-21-15-8-4-2-6-13(15)10-11-18(20)22-12-17-19-14-7-3-5-9-16(14)23-17/h2-11H,12H2,1H3/b11-10+. The van der Waals surface area contributed by atoms with Gasteiger partial charge in [-0.1, -0.05) is 30.3 Å². The summed E-state index contributed by atoms with van der Waals surface area (Å²) in [5, 5.41) is 0.783. The third-order valence-electron chi connectivity index (χ3n) is 3.21. The van der Waals surface area contributed by atoms with E-state index in [0.29, 0.717) is 5.75 Å². The van der Waals surface area contributed by atoms with E-state index >= 15 is 0 Å². The predicted molar refractivity (Wildman–Crippen MR) is 91.4 cm³/mol. The molecule has 1 heterocycles. The van der Waals surface area contributed by atoms with Gasteiger partial charge in [-0.3, -0.25) is 0 Å². The molecule has 2 aromatic carbocycles. The van der Waals surface area contributed by atoms with Crippen molar-refractivity contribution in [1.29, 1.82) is 0 Å². The van der Waals surface area contributed by atoms with Crippen LogP contribution in [-0.2, 0) is 16.1 Å². The van der Waals surface area contributed by atoms with Crippen LogP contribution in [0.25, 0.3) is 16.3 Å². The Morgan fingerprint density at radius 3 is 2.78 bits per heavy atom. The zero-order valence-electron chi connectivity index (χ0n) is 12.6. The summed E-state index contributed by atoms with van der Waals surface area (Å²) in [5.74, 6) is 0.304. The molecule has 0 saturated heterocycles. The first-order valence-electron chi connectivity index (χ1n) is 7.08. The molecular weight excluding hydrogens is 310 g/mol. The number of nitrogens with zero attached hydrogens (tertiary/aromatic N) is 1. The van der Waals surface area contributed by atoms with Crippen LogP contribution in [-0.4, -0.2) is 18.1 Å². The molecule has 0 bridgehead atoms. The number of para-hydroxylation sites is 2. The van der Waals surface area contributed by atoms with Crippen LogP contribution in [0.4, 0.5) is 0 Å². The average molecular weight is 325 g/mol. The minimum absolute atomic E-state index is 0.175. The molecule has 0 atom stereocenters. The van der Waals surface area contributed by atoms with E-state index in [1.165, 1.54) is 17.4 Å². The van der Waals surface area contributed by atoms with Crippen LogP contribution in [0.5, 0.6) is 5.75 Å². The van der Waals surface area contributed by atoms with Crippen molar-refractivity contribution < 1.29 is 14.3 Å². The topological polar surface area (TPSA) is 48.4 Å². The molecule has 0 aliphatic heterocycles. The number of hydrogen-bond acceptors (Lipinski definition) is 5. The van der Waals surface area contributed by atoms with E-state index in [2.05, 4.69) is 4.98 Å². The molecule has 0 unspecified atom stereocenters. The second kappa shape index (κ2) is 7.07. The second-order valence-corrected chi connectivity index (χ2v) is 5.87. The van der Waals surface area contributed by atoms with Crippen molar-refractivity contribution in [2.45, 2.75) is 6.61 Å². The minimum atomic E-state index is -0.407. The normalized spacial score (nSPS) is 11.0. The van der Waals surface area contributed by atoms with E-state index in [9.17, 15) is 4.79 Å². The Kier molecular flexibility index (Phi) is 4.68. The number of esters is 1. The quantitative estimate of drug-likeness (QED) is 0.524. The van der Waals surface area contributed by atoms with E-state index in [-0.39, 0.29) is 6.61 Å². The van der Waals surface area contributed by atoms with Crippen molar-refractivity contribution in [3.63, 3.8) is 0 Å². The fourth-order valence-electron chi connectivity index (χ4n) is 2.12. The Labute approximate surface area is 138 Å². The zero-order valence-corrected chi connectivity index (χ0v) is 13.4. The van der Waals surface area contributed by atoms with E-state index in [4.69, 9.17) is 9.47 Å². The van der Waals surface area contributed by atoms with Crippen LogP contribution in [0.2, 0.25) is 0 Å². The molecule has 3 rings (SSSR count).